The molecule has 0 bridgehead atoms. The first kappa shape index (κ1) is 10.2. The normalized spacial score (nSPS) is 22.3. The van der Waals surface area contributed by atoms with Crippen LogP contribution in [-0.4, -0.2) is 5.71 Å². The summed E-state index contributed by atoms with van der Waals surface area (Å²) in [6.45, 7) is 6.54. The third-order valence-electron chi connectivity index (χ3n) is 2.43. The van der Waals surface area contributed by atoms with Gasteiger partial charge in [-0.15, -0.1) is 0 Å². The molecule has 1 atom stereocenters. The first-order valence-corrected chi connectivity index (χ1v) is 5.11. The Morgan fingerprint density at radius 3 is 2.69 bits per heavy atom. The molecule has 1 N–H and O–H groups in total. The minimum Gasteiger partial charge on any atom is -0.304 e. The SMILES string of the molecule is CCC1C=CC=C(CC(C)C)C1=N. The van der Waals surface area contributed by atoms with Gasteiger partial charge in [0.2, 0.25) is 0 Å². The van der Waals surface area contributed by atoms with E-state index in [1.54, 1.807) is 0 Å². The highest BCUT2D eigenvalue weighted by atomic mass is 14.5. The van der Waals surface area contributed by atoms with Crippen LogP contribution in [0, 0.1) is 17.2 Å². The molecule has 0 saturated carbocycles. The van der Waals surface area contributed by atoms with E-state index in [0.29, 0.717) is 11.8 Å². The molecule has 0 radical (unpaired) electrons. The fraction of sp³-hybridized carbons (Fsp3) is 0.583. The fourth-order valence-electron chi connectivity index (χ4n) is 1.69. The zero-order chi connectivity index (χ0) is 9.84. The number of allylic oxidation sites excluding steroid dienone is 4. The van der Waals surface area contributed by atoms with Gasteiger partial charge in [0.1, 0.15) is 0 Å². The molecule has 1 heteroatoms. The Morgan fingerprint density at radius 2 is 2.15 bits per heavy atom. The Labute approximate surface area is 81.1 Å². The van der Waals surface area contributed by atoms with Gasteiger partial charge in [-0.05, 0) is 24.3 Å². The second-order valence-corrected chi connectivity index (χ2v) is 4.10. The van der Waals surface area contributed by atoms with Gasteiger partial charge >= 0.3 is 0 Å². The third kappa shape index (κ3) is 2.55. The summed E-state index contributed by atoms with van der Waals surface area (Å²) in [7, 11) is 0. The average molecular weight is 177 g/mol. The first-order valence-electron chi connectivity index (χ1n) is 5.11. The van der Waals surface area contributed by atoms with Crippen LogP contribution in [-0.2, 0) is 0 Å². The Bertz CT molecular complexity index is 246. The summed E-state index contributed by atoms with van der Waals surface area (Å²) in [5.41, 5.74) is 2.06. The van der Waals surface area contributed by atoms with Gasteiger partial charge in [-0.3, -0.25) is 0 Å². The number of rotatable bonds is 3. The van der Waals surface area contributed by atoms with E-state index < -0.39 is 0 Å². The van der Waals surface area contributed by atoms with Crippen LogP contribution < -0.4 is 0 Å². The van der Waals surface area contributed by atoms with Gasteiger partial charge in [-0.2, -0.15) is 0 Å². The van der Waals surface area contributed by atoms with Gasteiger partial charge in [0.05, 0.1) is 0 Å². The van der Waals surface area contributed by atoms with E-state index in [9.17, 15) is 0 Å². The van der Waals surface area contributed by atoms with Crippen LogP contribution >= 0.6 is 0 Å². The number of hydrogen-bond donors (Lipinski definition) is 1. The summed E-state index contributed by atoms with van der Waals surface area (Å²) < 4.78 is 0. The molecule has 13 heavy (non-hydrogen) atoms. The van der Waals surface area contributed by atoms with Crippen molar-refractivity contribution in [1.82, 2.24) is 0 Å². The standard InChI is InChI=1S/C12H19N/c1-4-10-6-5-7-11(12(10)13)8-9(2)3/h5-7,9-10,13H,4,8H2,1-3H3. The largest absolute Gasteiger partial charge is 0.304 e. The Hall–Kier alpha value is -0.850. The lowest BCUT2D eigenvalue weighted by atomic mass is 9.86. The monoisotopic (exact) mass is 177 g/mol. The zero-order valence-electron chi connectivity index (χ0n) is 8.80. The summed E-state index contributed by atoms with van der Waals surface area (Å²) in [5, 5.41) is 7.98. The summed E-state index contributed by atoms with van der Waals surface area (Å²) in [4.78, 5) is 0. The lowest BCUT2D eigenvalue weighted by molar-refractivity contribution is 0.646. The van der Waals surface area contributed by atoms with E-state index in [2.05, 4.69) is 39.0 Å². The van der Waals surface area contributed by atoms with Crippen LogP contribution in [0.25, 0.3) is 0 Å². The quantitative estimate of drug-likeness (QED) is 0.681. The molecule has 1 aliphatic carbocycles. The molecule has 0 aliphatic heterocycles. The van der Waals surface area contributed by atoms with E-state index in [1.165, 1.54) is 5.57 Å². The number of nitrogens with one attached hydrogen (secondary N) is 1. The lowest BCUT2D eigenvalue weighted by Crippen LogP contribution is -2.16. The lowest BCUT2D eigenvalue weighted by Gasteiger charge is -2.19. The maximum atomic E-state index is 7.98. The van der Waals surface area contributed by atoms with Crippen LogP contribution in [0.1, 0.15) is 33.6 Å². The second-order valence-electron chi connectivity index (χ2n) is 4.10. The maximum Gasteiger partial charge on any atom is 0.0414 e. The van der Waals surface area contributed by atoms with Gasteiger partial charge in [0.15, 0.2) is 0 Å². The van der Waals surface area contributed by atoms with Gasteiger partial charge in [-0.1, -0.05) is 39.0 Å². The van der Waals surface area contributed by atoms with Crippen molar-refractivity contribution in [3.8, 4) is 0 Å². The molecule has 0 fully saturated rings. The molecule has 72 valence electrons. The van der Waals surface area contributed by atoms with Gasteiger partial charge in [0.25, 0.3) is 0 Å². The minimum absolute atomic E-state index is 0.360. The molecular weight excluding hydrogens is 158 g/mol. The molecular formula is C12H19N. The third-order valence-corrected chi connectivity index (χ3v) is 2.43. The summed E-state index contributed by atoms with van der Waals surface area (Å²) in [5.74, 6) is 1.01. The van der Waals surface area contributed by atoms with Crippen LogP contribution in [0.3, 0.4) is 0 Å². The fourth-order valence-corrected chi connectivity index (χ4v) is 1.69. The van der Waals surface area contributed by atoms with Crippen molar-refractivity contribution in [2.75, 3.05) is 0 Å². The van der Waals surface area contributed by atoms with Crippen LogP contribution in [0.2, 0.25) is 0 Å². The van der Waals surface area contributed by atoms with Crippen molar-refractivity contribution in [1.29, 1.82) is 5.41 Å². The highest BCUT2D eigenvalue weighted by Crippen LogP contribution is 2.22. The molecule has 1 rings (SSSR count). The Kier molecular flexibility index (Phi) is 3.47. The van der Waals surface area contributed by atoms with E-state index in [1.807, 2.05) is 0 Å². The molecule has 0 aromatic rings. The molecule has 1 nitrogen and oxygen atoms in total. The minimum atomic E-state index is 0.360. The smallest absolute Gasteiger partial charge is 0.0414 e. The van der Waals surface area contributed by atoms with Gasteiger partial charge < -0.3 is 5.41 Å². The summed E-state index contributed by atoms with van der Waals surface area (Å²) in [6.07, 6.45) is 8.41. The van der Waals surface area contributed by atoms with E-state index in [0.717, 1.165) is 18.6 Å². The summed E-state index contributed by atoms with van der Waals surface area (Å²) in [6, 6.07) is 0. The van der Waals surface area contributed by atoms with Crippen molar-refractivity contribution in [3.63, 3.8) is 0 Å². The van der Waals surface area contributed by atoms with E-state index in [4.69, 9.17) is 5.41 Å². The van der Waals surface area contributed by atoms with Crippen molar-refractivity contribution in [2.24, 2.45) is 11.8 Å². The second kappa shape index (κ2) is 4.40. The molecule has 0 spiro atoms. The van der Waals surface area contributed by atoms with E-state index >= 15 is 0 Å². The van der Waals surface area contributed by atoms with Gasteiger partial charge in [-0.25, -0.2) is 0 Å². The Balaban J connectivity index is 2.69. The average Bonchev–Trinajstić information content (AvgIpc) is 2.08. The number of hydrogen-bond acceptors (Lipinski definition) is 1. The topological polar surface area (TPSA) is 23.9 Å². The molecule has 0 aromatic carbocycles. The van der Waals surface area contributed by atoms with E-state index in [-0.39, 0.29) is 0 Å². The Morgan fingerprint density at radius 1 is 1.46 bits per heavy atom. The zero-order valence-corrected chi connectivity index (χ0v) is 8.80. The van der Waals surface area contributed by atoms with Crippen LogP contribution in [0.15, 0.2) is 23.8 Å². The predicted octanol–water partition coefficient (Wildman–Crippen LogP) is 3.57. The summed E-state index contributed by atoms with van der Waals surface area (Å²) >= 11 is 0. The van der Waals surface area contributed by atoms with Gasteiger partial charge in [0, 0.05) is 11.6 Å². The van der Waals surface area contributed by atoms with Crippen LogP contribution in [0.4, 0.5) is 0 Å². The van der Waals surface area contributed by atoms with Crippen molar-refractivity contribution < 1.29 is 0 Å². The predicted molar refractivity (Wildman–Crippen MR) is 58.2 cm³/mol. The maximum absolute atomic E-state index is 7.98. The molecule has 0 heterocycles. The van der Waals surface area contributed by atoms with Crippen molar-refractivity contribution >= 4 is 5.71 Å². The molecule has 0 saturated heterocycles. The molecule has 1 aliphatic rings. The van der Waals surface area contributed by atoms with Crippen LogP contribution in [0.5, 0.6) is 0 Å². The highest BCUT2D eigenvalue weighted by Gasteiger charge is 2.16. The van der Waals surface area contributed by atoms with Crippen molar-refractivity contribution in [3.05, 3.63) is 23.8 Å². The molecule has 1 unspecified atom stereocenters. The highest BCUT2D eigenvalue weighted by molar-refractivity contribution is 6.01. The van der Waals surface area contributed by atoms with Crippen molar-refractivity contribution in [2.45, 2.75) is 33.6 Å². The first-order chi connectivity index (χ1) is 6.15. The molecule has 0 amide bonds. The molecule has 0 aromatic heterocycles.